The first-order valence-corrected chi connectivity index (χ1v) is 14.1. The molecule has 1 heteroatoms. The molecule has 5 aromatic rings. The van der Waals surface area contributed by atoms with Crippen LogP contribution in [0.3, 0.4) is 0 Å². The Bertz CT molecular complexity index is 1490. The van der Waals surface area contributed by atoms with Crippen LogP contribution >= 0.6 is 0 Å². The van der Waals surface area contributed by atoms with Gasteiger partial charge >= 0.3 is 0 Å². The van der Waals surface area contributed by atoms with Gasteiger partial charge in [-0.15, -0.1) is 5.54 Å². The number of hydrogen-bond donors (Lipinski definition) is 0. The third-order valence-electron chi connectivity index (χ3n) is 7.15. The van der Waals surface area contributed by atoms with Crippen molar-refractivity contribution in [1.29, 1.82) is 0 Å². The van der Waals surface area contributed by atoms with E-state index in [1.807, 2.05) is 0 Å². The van der Waals surface area contributed by atoms with E-state index in [0.29, 0.717) is 0 Å². The quantitative estimate of drug-likeness (QED) is 0.157. The number of rotatable bonds is 3. The molecule has 0 spiro atoms. The molecule has 0 nitrogen and oxygen atoms in total. The van der Waals surface area contributed by atoms with Crippen molar-refractivity contribution in [1.82, 2.24) is 0 Å². The molecule has 0 amide bonds. The average molecular weight is 417 g/mol. The van der Waals surface area contributed by atoms with Gasteiger partial charge in [-0.2, -0.15) is 0 Å². The lowest BCUT2D eigenvalue weighted by atomic mass is 9.96. The molecule has 0 radical (unpaired) electrons. The lowest BCUT2D eigenvalue weighted by molar-refractivity contribution is 1.20. The Morgan fingerprint density at radius 1 is 0.548 bits per heavy atom. The van der Waals surface area contributed by atoms with Crippen molar-refractivity contribution in [3.8, 4) is 11.5 Å². The Hall–Kier alpha value is -3.08. The molecule has 0 aliphatic carbocycles. The van der Waals surface area contributed by atoms with E-state index in [2.05, 4.69) is 111 Å². The van der Waals surface area contributed by atoms with Gasteiger partial charge in [0.1, 0.15) is 8.07 Å². The van der Waals surface area contributed by atoms with E-state index in [1.54, 1.807) is 0 Å². The highest BCUT2D eigenvalue weighted by molar-refractivity contribution is 6.87. The van der Waals surface area contributed by atoms with Crippen LogP contribution in [0.15, 0.2) is 78.9 Å². The fourth-order valence-electron chi connectivity index (χ4n) is 4.79. The number of hydrogen-bond acceptors (Lipinski definition) is 0. The summed E-state index contributed by atoms with van der Waals surface area (Å²) in [5, 5.41) is 10.3. The van der Waals surface area contributed by atoms with Crippen molar-refractivity contribution in [2.45, 2.75) is 38.9 Å². The van der Waals surface area contributed by atoms with Gasteiger partial charge in [0.25, 0.3) is 0 Å². The molecule has 31 heavy (non-hydrogen) atoms. The molecule has 5 rings (SSSR count). The van der Waals surface area contributed by atoms with Gasteiger partial charge in [0.2, 0.25) is 0 Å². The smallest absolute Gasteiger partial charge is 0.126 e. The maximum atomic E-state index is 3.78. The van der Waals surface area contributed by atoms with Gasteiger partial charge in [0.05, 0.1) is 0 Å². The average Bonchev–Trinajstić information content (AvgIpc) is 2.81. The molecule has 0 saturated heterocycles. The highest BCUT2D eigenvalue weighted by atomic mass is 28.3. The van der Waals surface area contributed by atoms with Crippen LogP contribution in [0.25, 0.3) is 43.1 Å². The van der Waals surface area contributed by atoms with Gasteiger partial charge < -0.3 is 0 Å². The summed E-state index contributed by atoms with van der Waals surface area (Å²) in [6.45, 7) is 6.96. The molecule has 0 aliphatic heterocycles. The van der Waals surface area contributed by atoms with Crippen molar-refractivity contribution in [2.24, 2.45) is 0 Å². The summed E-state index contributed by atoms with van der Waals surface area (Å²) in [5.41, 5.74) is 4.95. The largest absolute Gasteiger partial charge is 0.138 e. The number of fused-ring (bicyclic) bond motifs is 4. The van der Waals surface area contributed by atoms with Crippen molar-refractivity contribution in [2.75, 3.05) is 0 Å². The van der Waals surface area contributed by atoms with Gasteiger partial charge in [0, 0.05) is 5.56 Å². The Labute approximate surface area is 185 Å². The Balaban J connectivity index is 1.72. The standard InChI is InChI=1S/C30H28Si/c1-4-31(5-2,6-3)15-14-22-12-9-13-25-18-28-19-26-16-23-10-7-8-11-24(23)17-27(26)20-29(28)21-30(22)25/h7-13,16-21H,4-6H2,1-3H3. The first-order valence-electron chi connectivity index (χ1n) is 11.5. The van der Waals surface area contributed by atoms with Crippen molar-refractivity contribution >= 4 is 51.2 Å². The number of benzene rings is 5. The summed E-state index contributed by atoms with van der Waals surface area (Å²) in [7, 11) is -1.46. The summed E-state index contributed by atoms with van der Waals surface area (Å²) < 4.78 is 0. The highest BCUT2D eigenvalue weighted by Crippen LogP contribution is 2.31. The van der Waals surface area contributed by atoms with Crippen LogP contribution in [-0.4, -0.2) is 8.07 Å². The molecular formula is C30H28Si. The van der Waals surface area contributed by atoms with E-state index in [9.17, 15) is 0 Å². The van der Waals surface area contributed by atoms with Crippen LogP contribution in [0.1, 0.15) is 26.3 Å². The molecule has 0 unspecified atom stereocenters. The zero-order valence-corrected chi connectivity index (χ0v) is 19.6. The molecular weight excluding hydrogens is 388 g/mol. The summed E-state index contributed by atoms with van der Waals surface area (Å²) in [6.07, 6.45) is 0. The zero-order valence-electron chi connectivity index (χ0n) is 18.6. The van der Waals surface area contributed by atoms with Crippen LogP contribution in [0.2, 0.25) is 18.1 Å². The van der Waals surface area contributed by atoms with E-state index >= 15 is 0 Å². The Kier molecular flexibility index (Phi) is 5.04. The molecule has 0 aliphatic rings. The third-order valence-corrected chi connectivity index (χ3v) is 11.9. The van der Waals surface area contributed by atoms with Gasteiger partial charge in [0.15, 0.2) is 0 Å². The monoisotopic (exact) mass is 416 g/mol. The maximum absolute atomic E-state index is 3.78. The highest BCUT2D eigenvalue weighted by Gasteiger charge is 2.24. The first-order chi connectivity index (χ1) is 15.1. The molecule has 0 aromatic heterocycles. The fraction of sp³-hybridized carbons (Fsp3) is 0.200. The second-order valence-corrected chi connectivity index (χ2v) is 13.6. The lowest BCUT2D eigenvalue weighted by Gasteiger charge is -2.20. The minimum Gasteiger partial charge on any atom is -0.126 e. The molecule has 0 saturated carbocycles. The van der Waals surface area contributed by atoms with E-state index in [-0.39, 0.29) is 0 Å². The van der Waals surface area contributed by atoms with Crippen LogP contribution < -0.4 is 0 Å². The zero-order chi connectivity index (χ0) is 21.4. The summed E-state index contributed by atoms with van der Waals surface area (Å²) in [4.78, 5) is 0. The summed E-state index contributed by atoms with van der Waals surface area (Å²) >= 11 is 0. The van der Waals surface area contributed by atoms with Crippen LogP contribution in [0.5, 0.6) is 0 Å². The SMILES string of the molecule is CC[Si](C#Cc1cccc2cc3cc4cc5ccccc5cc4cc3cc12)(CC)CC. The topological polar surface area (TPSA) is 0 Å². The van der Waals surface area contributed by atoms with Crippen molar-refractivity contribution in [3.05, 3.63) is 84.4 Å². The fourth-order valence-corrected chi connectivity index (χ4v) is 7.22. The van der Waals surface area contributed by atoms with E-state index < -0.39 is 8.07 Å². The van der Waals surface area contributed by atoms with Crippen molar-refractivity contribution in [3.63, 3.8) is 0 Å². The molecule has 152 valence electrons. The Morgan fingerprint density at radius 3 is 1.61 bits per heavy atom. The maximum Gasteiger partial charge on any atom is 0.138 e. The minimum absolute atomic E-state index is 1.17. The summed E-state index contributed by atoms with van der Waals surface area (Å²) in [6, 6.07) is 32.8. The Morgan fingerprint density at radius 2 is 1.03 bits per heavy atom. The van der Waals surface area contributed by atoms with Gasteiger partial charge in [-0.1, -0.05) is 63.1 Å². The first kappa shape index (κ1) is 19.9. The second kappa shape index (κ2) is 7.87. The van der Waals surface area contributed by atoms with Crippen LogP contribution in [0, 0.1) is 11.5 Å². The summed E-state index contributed by atoms with van der Waals surface area (Å²) in [5.74, 6) is 3.62. The molecule has 0 N–H and O–H groups in total. The van der Waals surface area contributed by atoms with E-state index in [4.69, 9.17) is 0 Å². The van der Waals surface area contributed by atoms with Crippen molar-refractivity contribution < 1.29 is 0 Å². The van der Waals surface area contributed by atoms with E-state index in [0.717, 1.165) is 0 Å². The normalized spacial score (nSPS) is 11.8. The molecule has 0 atom stereocenters. The van der Waals surface area contributed by atoms with Gasteiger partial charge in [-0.25, -0.2) is 0 Å². The molecule has 0 fully saturated rings. The predicted octanol–water partition coefficient (Wildman–Crippen LogP) is 8.70. The van der Waals surface area contributed by atoms with Crippen LogP contribution in [-0.2, 0) is 0 Å². The lowest BCUT2D eigenvalue weighted by Crippen LogP contribution is -2.29. The van der Waals surface area contributed by atoms with Crippen LogP contribution in [0.4, 0.5) is 0 Å². The molecule has 5 aromatic carbocycles. The van der Waals surface area contributed by atoms with E-state index in [1.165, 1.54) is 66.8 Å². The van der Waals surface area contributed by atoms with Gasteiger partial charge in [-0.3, -0.25) is 0 Å². The predicted molar refractivity (Wildman–Crippen MR) is 141 cm³/mol. The second-order valence-electron chi connectivity index (χ2n) is 8.72. The third kappa shape index (κ3) is 3.52. The minimum atomic E-state index is -1.46. The molecule has 0 bridgehead atoms. The molecule has 0 heterocycles. The van der Waals surface area contributed by atoms with Gasteiger partial charge in [-0.05, 0) is 104 Å².